The molecule has 1 rings (SSSR count). The van der Waals surface area contributed by atoms with Gasteiger partial charge in [-0.1, -0.05) is 35.3 Å². The SMILES string of the molecule is O=C(Cc1cccc(Cl)c1Cl)NO. The fourth-order valence-corrected chi connectivity index (χ4v) is 1.28. The van der Waals surface area contributed by atoms with E-state index in [4.69, 9.17) is 28.4 Å². The summed E-state index contributed by atoms with van der Waals surface area (Å²) in [6.45, 7) is 0. The van der Waals surface area contributed by atoms with Gasteiger partial charge in [0.25, 0.3) is 0 Å². The first-order valence-electron chi connectivity index (χ1n) is 3.51. The van der Waals surface area contributed by atoms with Crippen molar-refractivity contribution in [1.82, 2.24) is 5.48 Å². The van der Waals surface area contributed by atoms with Gasteiger partial charge in [0.15, 0.2) is 0 Å². The van der Waals surface area contributed by atoms with E-state index in [1.54, 1.807) is 18.2 Å². The lowest BCUT2D eigenvalue weighted by atomic mass is 10.1. The normalized spacial score (nSPS) is 9.77. The monoisotopic (exact) mass is 219 g/mol. The molecule has 0 radical (unpaired) electrons. The first kappa shape index (κ1) is 10.3. The highest BCUT2D eigenvalue weighted by Gasteiger charge is 2.07. The lowest BCUT2D eigenvalue weighted by Crippen LogP contribution is -2.20. The van der Waals surface area contributed by atoms with Gasteiger partial charge in [-0.25, -0.2) is 5.48 Å². The molecule has 0 atom stereocenters. The average Bonchev–Trinajstić information content (AvgIpc) is 2.13. The Labute approximate surface area is 85.2 Å². The quantitative estimate of drug-likeness (QED) is 0.591. The Balaban J connectivity index is 2.89. The Morgan fingerprint density at radius 2 is 2.15 bits per heavy atom. The molecule has 3 nitrogen and oxygen atoms in total. The summed E-state index contributed by atoms with van der Waals surface area (Å²) in [4.78, 5) is 10.8. The van der Waals surface area contributed by atoms with Crippen molar-refractivity contribution < 1.29 is 10.0 Å². The van der Waals surface area contributed by atoms with Crippen molar-refractivity contribution in [3.8, 4) is 0 Å². The predicted octanol–water partition coefficient (Wildman–Crippen LogP) is 2.04. The van der Waals surface area contributed by atoms with Crippen molar-refractivity contribution in [1.29, 1.82) is 0 Å². The van der Waals surface area contributed by atoms with E-state index in [-0.39, 0.29) is 6.42 Å². The number of rotatable bonds is 2. The molecule has 1 aromatic rings. The van der Waals surface area contributed by atoms with Gasteiger partial charge in [0, 0.05) is 0 Å². The van der Waals surface area contributed by atoms with Crippen molar-refractivity contribution in [2.45, 2.75) is 6.42 Å². The molecule has 0 fully saturated rings. The first-order chi connectivity index (χ1) is 6.15. The highest BCUT2D eigenvalue weighted by atomic mass is 35.5. The molecular weight excluding hydrogens is 213 g/mol. The summed E-state index contributed by atoms with van der Waals surface area (Å²) in [5, 5.41) is 9.01. The molecule has 70 valence electrons. The number of amides is 1. The minimum atomic E-state index is -0.524. The summed E-state index contributed by atoms with van der Waals surface area (Å²) in [5.41, 5.74) is 2.10. The second kappa shape index (κ2) is 4.46. The molecule has 1 aromatic carbocycles. The van der Waals surface area contributed by atoms with E-state index in [2.05, 4.69) is 0 Å². The van der Waals surface area contributed by atoms with E-state index in [1.807, 2.05) is 0 Å². The van der Waals surface area contributed by atoms with E-state index in [0.29, 0.717) is 15.6 Å². The number of carbonyl (C=O) groups excluding carboxylic acids is 1. The lowest BCUT2D eigenvalue weighted by molar-refractivity contribution is -0.128. The van der Waals surface area contributed by atoms with Crippen LogP contribution in [0.5, 0.6) is 0 Å². The van der Waals surface area contributed by atoms with Crippen molar-refractivity contribution >= 4 is 29.1 Å². The summed E-state index contributed by atoms with van der Waals surface area (Å²) in [6, 6.07) is 4.99. The maximum absolute atomic E-state index is 10.8. The molecule has 0 aliphatic rings. The molecule has 5 heteroatoms. The van der Waals surface area contributed by atoms with Gasteiger partial charge in [-0.15, -0.1) is 0 Å². The van der Waals surface area contributed by atoms with Gasteiger partial charge < -0.3 is 0 Å². The maximum atomic E-state index is 10.8. The molecule has 0 aliphatic heterocycles. The van der Waals surface area contributed by atoms with Crippen LogP contribution in [-0.4, -0.2) is 11.1 Å². The van der Waals surface area contributed by atoms with Crippen molar-refractivity contribution in [3.05, 3.63) is 33.8 Å². The molecular formula is C8H7Cl2NO2. The Morgan fingerprint density at radius 3 is 2.77 bits per heavy atom. The number of nitrogens with one attached hydrogen (secondary N) is 1. The molecule has 0 aliphatic carbocycles. The molecule has 1 amide bonds. The van der Waals surface area contributed by atoms with E-state index >= 15 is 0 Å². The zero-order valence-corrected chi connectivity index (χ0v) is 8.06. The molecule has 2 N–H and O–H groups in total. The van der Waals surface area contributed by atoms with Gasteiger partial charge in [0.2, 0.25) is 5.91 Å². The van der Waals surface area contributed by atoms with Gasteiger partial charge in [-0.3, -0.25) is 10.0 Å². The van der Waals surface area contributed by atoms with Crippen LogP contribution >= 0.6 is 23.2 Å². The van der Waals surface area contributed by atoms with Crippen LogP contribution in [-0.2, 0) is 11.2 Å². The van der Waals surface area contributed by atoms with Gasteiger partial charge >= 0.3 is 0 Å². The fourth-order valence-electron chi connectivity index (χ4n) is 0.897. The minimum Gasteiger partial charge on any atom is -0.289 e. The number of carbonyl (C=O) groups is 1. The van der Waals surface area contributed by atoms with E-state index in [9.17, 15) is 4.79 Å². The van der Waals surface area contributed by atoms with Gasteiger partial charge in [-0.2, -0.15) is 0 Å². The molecule has 0 saturated heterocycles. The molecule has 0 spiro atoms. The Bertz CT molecular complexity index is 328. The molecule has 0 saturated carbocycles. The van der Waals surface area contributed by atoms with Crippen molar-refractivity contribution in [3.63, 3.8) is 0 Å². The molecule has 0 heterocycles. The van der Waals surface area contributed by atoms with Crippen LogP contribution in [0.4, 0.5) is 0 Å². The Kier molecular flexibility index (Phi) is 3.54. The highest BCUT2D eigenvalue weighted by Crippen LogP contribution is 2.25. The van der Waals surface area contributed by atoms with E-state index in [1.165, 1.54) is 5.48 Å². The zero-order valence-electron chi connectivity index (χ0n) is 6.55. The topological polar surface area (TPSA) is 49.3 Å². The minimum absolute atomic E-state index is 0.00981. The predicted molar refractivity (Wildman–Crippen MR) is 50.1 cm³/mol. The molecule has 13 heavy (non-hydrogen) atoms. The average molecular weight is 220 g/mol. The van der Waals surface area contributed by atoms with Gasteiger partial charge in [-0.05, 0) is 11.6 Å². The van der Waals surface area contributed by atoms with Gasteiger partial charge in [0.1, 0.15) is 0 Å². The third-order valence-corrected chi connectivity index (χ3v) is 2.37. The summed E-state index contributed by atoms with van der Waals surface area (Å²) in [6.07, 6.45) is 0.00981. The van der Waals surface area contributed by atoms with E-state index < -0.39 is 5.91 Å². The lowest BCUT2D eigenvalue weighted by Gasteiger charge is -2.03. The largest absolute Gasteiger partial charge is 0.289 e. The van der Waals surface area contributed by atoms with Crippen molar-refractivity contribution in [2.24, 2.45) is 0 Å². The maximum Gasteiger partial charge on any atom is 0.247 e. The summed E-state index contributed by atoms with van der Waals surface area (Å²) in [7, 11) is 0. The second-order valence-electron chi connectivity index (χ2n) is 2.42. The molecule has 0 unspecified atom stereocenters. The number of hydrogen-bond acceptors (Lipinski definition) is 2. The number of hydroxylamine groups is 1. The van der Waals surface area contributed by atoms with Crippen molar-refractivity contribution in [2.75, 3.05) is 0 Å². The summed E-state index contributed by atoms with van der Waals surface area (Å²) >= 11 is 11.5. The fraction of sp³-hybridized carbons (Fsp3) is 0.125. The van der Waals surface area contributed by atoms with E-state index in [0.717, 1.165) is 0 Å². The van der Waals surface area contributed by atoms with Crippen LogP contribution in [0, 0.1) is 0 Å². The first-order valence-corrected chi connectivity index (χ1v) is 4.26. The van der Waals surface area contributed by atoms with Crippen LogP contribution in [0.15, 0.2) is 18.2 Å². The Morgan fingerprint density at radius 1 is 1.46 bits per heavy atom. The number of halogens is 2. The summed E-state index contributed by atoms with van der Waals surface area (Å²) < 4.78 is 0. The molecule has 0 bridgehead atoms. The smallest absolute Gasteiger partial charge is 0.247 e. The van der Waals surface area contributed by atoms with Crippen LogP contribution in [0.25, 0.3) is 0 Å². The van der Waals surface area contributed by atoms with Crippen LogP contribution < -0.4 is 5.48 Å². The standard InChI is InChI=1S/C8H7Cl2NO2/c9-6-3-1-2-5(8(6)10)4-7(12)11-13/h1-3,13H,4H2,(H,11,12). The van der Waals surface area contributed by atoms with Crippen LogP contribution in [0.1, 0.15) is 5.56 Å². The van der Waals surface area contributed by atoms with Gasteiger partial charge in [0.05, 0.1) is 16.5 Å². The second-order valence-corrected chi connectivity index (χ2v) is 3.21. The summed E-state index contributed by atoms with van der Waals surface area (Å²) in [5.74, 6) is -0.524. The highest BCUT2D eigenvalue weighted by molar-refractivity contribution is 6.42. The Hall–Kier alpha value is -0.770. The third kappa shape index (κ3) is 2.59. The molecule has 0 aromatic heterocycles. The zero-order chi connectivity index (χ0) is 9.84. The van der Waals surface area contributed by atoms with Crippen LogP contribution in [0.3, 0.4) is 0 Å². The number of hydrogen-bond donors (Lipinski definition) is 2. The third-order valence-electron chi connectivity index (χ3n) is 1.51. The number of benzene rings is 1. The van der Waals surface area contributed by atoms with Crippen LogP contribution in [0.2, 0.25) is 10.0 Å².